The molecule has 0 saturated carbocycles. The monoisotopic (exact) mass is 231 g/mol. The molecule has 2 fully saturated rings. The first kappa shape index (κ1) is 11.2. The van der Waals surface area contributed by atoms with E-state index in [1.54, 1.807) is 0 Å². The van der Waals surface area contributed by atoms with Gasteiger partial charge in [0.15, 0.2) is 0 Å². The Morgan fingerprint density at radius 2 is 2.33 bits per heavy atom. The molecule has 0 bridgehead atoms. The van der Waals surface area contributed by atoms with Gasteiger partial charge in [-0.25, -0.2) is 0 Å². The summed E-state index contributed by atoms with van der Waals surface area (Å²) in [5.74, 6) is 0.880. The zero-order valence-electron chi connectivity index (χ0n) is 9.12. The summed E-state index contributed by atoms with van der Waals surface area (Å²) < 4.78 is 5.43. The highest BCUT2D eigenvalue weighted by Crippen LogP contribution is 2.27. The highest BCUT2D eigenvalue weighted by molar-refractivity contribution is 6.18. The molecule has 0 N–H and O–H groups in total. The van der Waals surface area contributed by atoms with Crippen LogP contribution in [0.15, 0.2) is 0 Å². The standard InChI is InChI=1S/C11H18ClNO2/c1-8-10(4-6-15-8)11(14)13-5-2-3-9(13)7-12/h8-10H,2-7H2,1H3. The SMILES string of the molecule is CC1OCCC1C(=O)N1CCCC1CCl. The van der Waals surface area contributed by atoms with Crippen molar-refractivity contribution >= 4 is 17.5 Å². The number of rotatable bonds is 2. The summed E-state index contributed by atoms with van der Waals surface area (Å²) in [4.78, 5) is 14.2. The topological polar surface area (TPSA) is 29.5 Å². The molecule has 4 heteroatoms. The molecule has 1 amide bonds. The van der Waals surface area contributed by atoms with Gasteiger partial charge < -0.3 is 9.64 Å². The Morgan fingerprint density at radius 1 is 1.53 bits per heavy atom. The Bertz CT molecular complexity index is 247. The summed E-state index contributed by atoms with van der Waals surface area (Å²) in [5, 5.41) is 0. The number of hydrogen-bond donors (Lipinski definition) is 0. The van der Waals surface area contributed by atoms with Crippen LogP contribution in [0.4, 0.5) is 0 Å². The largest absolute Gasteiger partial charge is 0.378 e. The minimum absolute atomic E-state index is 0.0637. The fourth-order valence-electron chi connectivity index (χ4n) is 2.56. The summed E-state index contributed by atoms with van der Waals surface area (Å²) in [6, 6.07) is 0.256. The van der Waals surface area contributed by atoms with Crippen LogP contribution in [0, 0.1) is 5.92 Å². The van der Waals surface area contributed by atoms with Crippen LogP contribution >= 0.6 is 11.6 Å². The van der Waals surface area contributed by atoms with Crippen molar-refractivity contribution in [2.75, 3.05) is 19.0 Å². The van der Waals surface area contributed by atoms with Crippen LogP contribution in [-0.4, -0.2) is 42.0 Å². The molecule has 3 nitrogen and oxygen atoms in total. The Labute approximate surface area is 95.7 Å². The number of ether oxygens (including phenoxy) is 1. The van der Waals surface area contributed by atoms with Crippen molar-refractivity contribution in [3.63, 3.8) is 0 Å². The average Bonchev–Trinajstić information content (AvgIpc) is 2.84. The molecule has 3 atom stereocenters. The van der Waals surface area contributed by atoms with Gasteiger partial charge in [-0.2, -0.15) is 0 Å². The van der Waals surface area contributed by atoms with Crippen molar-refractivity contribution in [1.82, 2.24) is 4.90 Å². The van der Waals surface area contributed by atoms with Crippen LogP contribution < -0.4 is 0 Å². The minimum atomic E-state index is 0.0637. The van der Waals surface area contributed by atoms with E-state index < -0.39 is 0 Å². The van der Waals surface area contributed by atoms with Gasteiger partial charge in [-0.15, -0.1) is 11.6 Å². The van der Waals surface area contributed by atoms with Crippen molar-refractivity contribution in [2.24, 2.45) is 5.92 Å². The Kier molecular flexibility index (Phi) is 3.52. The lowest BCUT2D eigenvalue weighted by molar-refractivity contribution is -0.137. The van der Waals surface area contributed by atoms with Crippen molar-refractivity contribution in [2.45, 2.75) is 38.3 Å². The van der Waals surface area contributed by atoms with Gasteiger partial charge in [-0.3, -0.25) is 4.79 Å². The van der Waals surface area contributed by atoms with Crippen LogP contribution in [0.25, 0.3) is 0 Å². The number of carbonyl (C=O) groups excluding carboxylic acids is 1. The zero-order valence-corrected chi connectivity index (χ0v) is 9.87. The van der Waals surface area contributed by atoms with E-state index in [1.165, 1.54) is 0 Å². The molecule has 0 spiro atoms. The first-order chi connectivity index (χ1) is 7.24. The van der Waals surface area contributed by atoms with Gasteiger partial charge in [0.2, 0.25) is 5.91 Å². The van der Waals surface area contributed by atoms with E-state index in [1.807, 2.05) is 11.8 Å². The van der Waals surface area contributed by atoms with E-state index in [-0.39, 0.29) is 24.0 Å². The maximum absolute atomic E-state index is 12.2. The molecule has 0 aliphatic carbocycles. The van der Waals surface area contributed by atoms with Gasteiger partial charge in [0.05, 0.1) is 12.0 Å². The Balaban J connectivity index is 2.00. The maximum Gasteiger partial charge on any atom is 0.228 e. The molecule has 86 valence electrons. The molecule has 2 heterocycles. The highest BCUT2D eigenvalue weighted by atomic mass is 35.5. The van der Waals surface area contributed by atoms with E-state index in [0.717, 1.165) is 32.4 Å². The fraction of sp³-hybridized carbons (Fsp3) is 0.909. The van der Waals surface area contributed by atoms with E-state index >= 15 is 0 Å². The third-order valence-corrected chi connectivity index (χ3v) is 3.89. The van der Waals surface area contributed by atoms with Gasteiger partial charge in [0.1, 0.15) is 0 Å². The number of hydrogen-bond acceptors (Lipinski definition) is 2. The molecule has 2 saturated heterocycles. The maximum atomic E-state index is 12.2. The van der Waals surface area contributed by atoms with Gasteiger partial charge in [0.25, 0.3) is 0 Å². The fourth-order valence-corrected chi connectivity index (χ4v) is 2.88. The van der Waals surface area contributed by atoms with Crippen molar-refractivity contribution in [1.29, 1.82) is 0 Å². The van der Waals surface area contributed by atoms with E-state index in [2.05, 4.69) is 0 Å². The van der Waals surface area contributed by atoms with Gasteiger partial charge in [-0.05, 0) is 26.2 Å². The molecule has 0 aromatic rings. The Morgan fingerprint density at radius 3 is 2.93 bits per heavy atom. The lowest BCUT2D eigenvalue weighted by Gasteiger charge is -2.27. The van der Waals surface area contributed by atoms with Crippen LogP contribution in [0.1, 0.15) is 26.2 Å². The van der Waals surface area contributed by atoms with Gasteiger partial charge >= 0.3 is 0 Å². The minimum Gasteiger partial charge on any atom is -0.378 e. The first-order valence-electron chi connectivity index (χ1n) is 5.72. The third-order valence-electron chi connectivity index (χ3n) is 3.53. The molecule has 0 aromatic heterocycles. The molecule has 2 aliphatic heterocycles. The number of likely N-dealkylation sites (tertiary alicyclic amines) is 1. The summed E-state index contributed by atoms with van der Waals surface area (Å²) in [6.07, 6.45) is 3.09. The summed E-state index contributed by atoms with van der Waals surface area (Å²) in [5.41, 5.74) is 0. The van der Waals surface area contributed by atoms with Gasteiger partial charge in [-0.1, -0.05) is 0 Å². The highest BCUT2D eigenvalue weighted by Gasteiger charge is 2.37. The van der Waals surface area contributed by atoms with Crippen molar-refractivity contribution < 1.29 is 9.53 Å². The van der Waals surface area contributed by atoms with E-state index in [9.17, 15) is 4.79 Å². The van der Waals surface area contributed by atoms with Crippen LogP contribution in [0.2, 0.25) is 0 Å². The third kappa shape index (κ3) is 2.13. The molecule has 2 aliphatic rings. The number of carbonyl (C=O) groups is 1. The lowest BCUT2D eigenvalue weighted by atomic mass is 10.0. The zero-order chi connectivity index (χ0) is 10.8. The molecular weight excluding hydrogens is 214 g/mol. The summed E-state index contributed by atoms with van der Waals surface area (Å²) in [7, 11) is 0. The molecule has 2 rings (SSSR count). The summed E-state index contributed by atoms with van der Waals surface area (Å²) >= 11 is 5.86. The second-order valence-electron chi connectivity index (χ2n) is 4.45. The van der Waals surface area contributed by atoms with E-state index in [0.29, 0.717) is 5.88 Å². The summed E-state index contributed by atoms with van der Waals surface area (Å²) in [6.45, 7) is 3.58. The van der Waals surface area contributed by atoms with Crippen LogP contribution in [-0.2, 0) is 9.53 Å². The normalized spacial score (nSPS) is 36.1. The second-order valence-corrected chi connectivity index (χ2v) is 4.76. The second kappa shape index (κ2) is 4.71. The number of alkyl halides is 1. The lowest BCUT2D eigenvalue weighted by Crippen LogP contribution is -2.42. The van der Waals surface area contributed by atoms with Crippen molar-refractivity contribution in [3.05, 3.63) is 0 Å². The smallest absolute Gasteiger partial charge is 0.228 e. The van der Waals surface area contributed by atoms with Crippen LogP contribution in [0.5, 0.6) is 0 Å². The average molecular weight is 232 g/mol. The number of nitrogens with zero attached hydrogens (tertiary/aromatic N) is 1. The molecule has 15 heavy (non-hydrogen) atoms. The van der Waals surface area contributed by atoms with Gasteiger partial charge in [0, 0.05) is 25.1 Å². The molecular formula is C11H18ClNO2. The predicted molar refractivity (Wildman–Crippen MR) is 59.0 cm³/mol. The molecule has 0 radical (unpaired) electrons. The quantitative estimate of drug-likeness (QED) is 0.677. The Hall–Kier alpha value is -0.280. The predicted octanol–water partition coefficient (Wildman–Crippen LogP) is 1.64. The first-order valence-corrected chi connectivity index (χ1v) is 6.25. The number of amides is 1. The van der Waals surface area contributed by atoms with Crippen LogP contribution in [0.3, 0.4) is 0 Å². The molecule has 0 aromatic carbocycles. The number of halogens is 1. The molecule has 3 unspecified atom stereocenters. The van der Waals surface area contributed by atoms with Crippen molar-refractivity contribution in [3.8, 4) is 0 Å². The van der Waals surface area contributed by atoms with E-state index in [4.69, 9.17) is 16.3 Å².